The summed E-state index contributed by atoms with van der Waals surface area (Å²) in [5.41, 5.74) is 2.33. The van der Waals surface area contributed by atoms with E-state index >= 15 is 0 Å². The third kappa shape index (κ3) is 3.38. The van der Waals surface area contributed by atoms with Crippen LogP contribution in [-0.4, -0.2) is 31.1 Å². The van der Waals surface area contributed by atoms with Gasteiger partial charge in [0.2, 0.25) is 17.7 Å². The largest absolute Gasteiger partial charge is 0.437 e. The van der Waals surface area contributed by atoms with Crippen molar-refractivity contribution < 1.29 is 13.9 Å². The molecule has 0 radical (unpaired) electrons. The second kappa shape index (κ2) is 6.71. The molecule has 3 aromatic heterocycles. The van der Waals surface area contributed by atoms with Gasteiger partial charge in [-0.2, -0.15) is 0 Å². The minimum absolute atomic E-state index is 0.284. The first kappa shape index (κ1) is 16.5. The maximum absolute atomic E-state index is 11.4. The Balaban J connectivity index is 1.64. The summed E-state index contributed by atoms with van der Waals surface area (Å²) in [5, 5.41) is 10.5. The second-order valence-corrected chi connectivity index (χ2v) is 5.56. The Morgan fingerprint density at radius 2 is 2.26 bits per heavy atom. The lowest BCUT2D eigenvalue weighted by Gasteiger charge is -2.07. The number of nitrogens with one attached hydrogen (secondary N) is 2. The van der Waals surface area contributed by atoms with Gasteiger partial charge in [0.25, 0.3) is 5.89 Å². The van der Waals surface area contributed by atoms with Crippen molar-refractivity contribution in [2.45, 2.75) is 6.92 Å². The van der Waals surface area contributed by atoms with Crippen LogP contribution >= 0.6 is 0 Å². The summed E-state index contributed by atoms with van der Waals surface area (Å²) >= 11 is 0. The number of carbonyl (C=O) groups excluding carboxylic acids is 1. The van der Waals surface area contributed by atoms with Gasteiger partial charge < -0.3 is 19.5 Å². The fourth-order valence-corrected chi connectivity index (χ4v) is 2.44. The summed E-state index contributed by atoms with van der Waals surface area (Å²) in [6, 6.07) is 6.91. The van der Waals surface area contributed by atoms with E-state index in [9.17, 15) is 4.79 Å². The third-order valence-electron chi connectivity index (χ3n) is 3.62. The number of aromatic amines is 1. The average molecular weight is 362 g/mol. The molecule has 4 aromatic rings. The normalized spacial score (nSPS) is 10.7. The van der Waals surface area contributed by atoms with Crippen molar-refractivity contribution in [3.05, 3.63) is 55.2 Å². The van der Waals surface area contributed by atoms with Crippen LogP contribution in [0.15, 0.2) is 53.7 Å². The molecule has 0 unspecified atom stereocenters. The van der Waals surface area contributed by atoms with Crippen molar-refractivity contribution >= 4 is 22.8 Å². The molecule has 4 rings (SSSR count). The first-order chi connectivity index (χ1) is 13.1. The number of H-pyrrole nitrogens is 1. The molecule has 1 aromatic carbocycles. The number of carbonyl (C=O) groups is 1. The zero-order valence-corrected chi connectivity index (χ0v) is 14.3. The van der Waals surface area contributed by atoms with Gasteiger partial charge in [-0.25, -0.2) is 9.97 Å². The van der Waals surface area contributed by atoms with Gasteiger partial charge in [-0.1, -0.05) is 12.6 Å². The number of aromatic nitrogens is 5. The lowest BCUT2D eigenvalue weighted by atomic mass is 10.3. The molecule has 0 atom stereocenters. The van der Waals surface area contributed by atoms with Crippen LogP contribution in [0.5, 0.6) is 11.6 Å². The van der Waals surface area contributed by atoms with E-state index in [0.717, 1.165) is 0 Å². The van der Waals surface area contributed by atoms with Gasteiger partial charge in [-0.3, -0.25) is 4.79 Å². The SMILES string of the molecule is C=CC(=O)Nc1cccc(Oc2cnc3[nH]cc(-c4nnc(C)o4)c3n2)c1. The highest BCUT2D eigenvalue weighted by atomic mass is 16.5. The molecule has 0 saturated carbocycles. The highest BCUT2D eigenvalue weighted by Gasteiger charge is 2.15. The molecule has 27 heavy (non-hydrogen) atoms. The molecule has 0 fully saturated rings. The molecule has 134 valence electrons. The first-order valence-corrected chi connectivity index (χ1v) is 7.98. The molecule has 2 N–H and O–H groups in total. The highest BCUT2D eigenvalue weighted by molar-refractivity contribution is 5.98. The van der Waals surface area contributed by atoms with Crippen LogP contribution in [0.25, 0.3) is 22.6 Å². The van der Waals surface area contributed by atoms with E-state index in [2.05, 4.69) is 37.0 Å². The standard InChI is InChI=1S/C18H14N6O3/c1-3-14(25)21-11-5-4-6-12(7-11)27-15-9-20-17-16(22-15)13(8-19-17)18-24-23-10(2)26-18/h3-9H,1H2,2H3,(H,19,20)(H,21,25). The molecule has 1 amide bonds. The molecule has 0 aliphatic rings. The number of nitrogens with zero attached hydrogens (tertiary/aromatic N) is 4. The van der Waals surface area contributed by atoms with E-state index in [0.29, 0.717) is 39.9 Å². The van der Waals surface area contributed by atoms with Gasteiger partial charge >= 0.3 is 0 Å². The quantitative estimate of drug-likeness (QED) is 0.523. The van der Waals surface area contributed by atoms with E-state index in [1.807, 2.05) is 0 Å². The lowest BCUT2D eigenvalue weighted by molar-refractivity contribution is -0.111. The first-order valence-electron chi connectivity index (χ1n) is 7.98. The summed E-state index contributed by atoms with van der Waals surface area (Å²) in [7, 11) is 0. The van der Waals surface area contributed by atoms with E-state index in [-0.39, 0.29) is 11.8 Å². The predicted molar refractivity (Wildman–Crippen MR) is 97.3 cm³/mol. The minimum Gasteiger partial charge on any atom is -0.437 e. The third-order valence-corrected chi connectivity index (χ3v) is 3.62. The number of benzene rings is 1. The van der Waals surface area contributed by atoms with E-state index < -0.39 is 0 Å². The Morgan fingerprint density at radius 1 is 1.37 bits per heavy atom. The Bertz CT molecular complexity index is 1150. The summed E-state index contributed by atoms with van der Waals surface area (Å²) in [6.45, 7) is 5.14. The van der Waals surface area contributed by atoms with Crippen LogP contribution in [0.2, 0.25) is 0 Å². The Kier molecular flexibility index (Phi) is 4.09. The summed E-state index contributed by atoms with van der Waals surface area (Å²) in [4.78, 5) is 23.2. The van der Waals surface area contributed by atoms with Crippen LogP contribution < -0.4 is 10.1 Å². The molecular formula is C18H14N6O3. The van der Waals surface area contributed by atoms with E-state index in [1.54, 1.807) is 37.4 Å². The second-order valence-electron chi connectivity index (χ2n) is 5.56. The van der Waals surface area contributed by atoms with Crippen molar-refractivity contribution in [2.75, 3.05) is 5.32 Å². The summed E-state index contributed by atoms with van der Waals surface area (Å²) in [6.07, 6.45) is 4.39. The van der Waals surface area contributed by atoms with Crippen LogP contribution in [0.3, 0.4) is 0 Å². The average Bonchev–Trinajstić information content (AvgIpc) is 3.27. The Hall–Kier alpha value is -4.01. The fourth-order valence-electron chi connectivity index (χ4n) is 2.44. The number of amides is 1. The Morgan fingerprint density at radius 3 is 3.04 bits per heavy atom. The molecule has 0 saturated heterocycles. The van der Waals surface area contributed by atoms with Gasteiger partial charge in [0.15, 0.2) is 5.65 Å². The number of ether oxygens (including phenoxy) is 1. The number of aryl methyl sites for hydroxylation is 1. The number of hydrogen-bond acceptors (Lipinski definition) is 7. The van der Waals surface area contributed by atoms with Crippen LogP contribution in [0.4, 0.5) is 5.69 Å². The van der Waals surface area contributed by atoms with Gasteiger partial charge in [0, 0.05) is 24.9 Å². The molecule has 0 aliphatic heterocycles. The van der Waals surface area contributed by atoms with Crippen LogP contribution in [0, 0.1) is 6.92 Å². The smallest absolute Gasteiger partial charge is 0.251 e. The predicted octanol–water partition coefficient (Wildman–Crippen LogP) is 3.23. The monoisotopic (exact) mass is 362 g/mol. The molecule has 9 heteroatoms. The number of fused-ring (bicyclic) bond motifs is 1. The molecule has 0 aliphatic carbocycles. The number of hydrogen-bond donors (Lipinski definition) is 2. The number of rotatable bonds is 5. The van der Waals surface area contributed by atoms with Crippen molar-refractivity contribution in [1.29, 1.82) is 0 Å². The maximum Gasteiger partial charge on any atom is 0.251 e. The van der Waals surface area contributed by atoms with Gasteiger partial charge in [0.1, 0.15) is 11.3 Å². The Labute approximate surface area is 153 Å². The van der Waals surface area contributed by atoms with Crippen molar-refractivity contribution in [3.8, 4) is 23.1 Å². The lowest BCUT2D eigenvalue weighted by Crippen LogP contribution is -2.07. The molecule has 0 bridgehead atoms. The fraction of sp³-hybridized carbons (Fsp3) is 0.0556. The zero-order valence-electron chi connectivity index (χ0n) is 14.3. The maximum atomic E-state index is 11.4. The highest BCUT2D eigenvalue weighted by Crippen LogP contribution is 2.28. The summed E-state index contributed by atoms with van der Waals surface area (Å²) < 4.78 is 11.2. The zero-order chi connectivity index (χ0) is 18.8. The van der Waals surface area contributed by atoms with Crippen LogP contribution in [-0.2, 0) is 4.79 Å². The molecule has 9 nitrogen and oxygen atoms in total. The van der Waals surface area contributed by atoms with Crippen molar-refractivity contribution in [1.82, 2.24) is 25.1 Å². The van der Waals surface area contributed by atoms with Gasteiger partial charge in [-0.05, 0) is 18.2 Å². The number of anilines is 1. The van der Waals surface area contributed by atoms with Crippen molar-refractivity contribution in [2.24, 2.45) is 0 Å². The van der Waals surface area contributed by atoms with Crippen molar-refractivity contribution in [3.63, 3.8) is 0 Å². The van der Waals surface area contributed by atoms with E-state index in [4.69, 9.17) is 9.15 Å². The minimum atomic E-state index is -0.305. The molecule has 0 spiro atoms. The summed E-state index contributed by atoms with van der Waals surface area (Å²) in [5.74, 6) is 1.28. The molecule has 3 heterocycles. The van der Waals surface area contributed by atoms with E-state index in [1.165, 1.54) is 12.3 Å². The van der Waals surface area contributed by atoms with Gasteiger partial charge in [0.05, 0.1) is 11.8 Å². The van der Waals surface area contributed by atoms with Crippen LogP contribution in [0.1, 0.15) is 5.89 Å². The topological polar surface area (TPSA) is 119 Å². The molecular weight excluding hydrogens is 348 g/mol. The van der Waals surface area contributed by atoms with Gasteiger partial charge in [-0.15, -0.1) is 10.2 Å².